The first-order valence-electron chi connectivity index (χ1n) is 31.3. The second kappa shape index (κ2) is 20.1. The maximum absolute atomic E-state index is 6.94. The number of anilines is 6. The maximum Gasteiger partial charge on any atom is 0.543 e. The molecule has 0 unspecified atom stereocenters. The van der Waals surface area contributed by atoms with E-state index in [1.54, 1.807) is 0 Å². The predicted molar refractivity (Wildman–Crippen MR) is 371 cm³/mol. The molecule has 0 saturated carbocycles. The Morgan fingerprint density at radius 3 is 0.922 bits per heavy atom. The summed E-state index contributed by atoms with van der Waals surface area (Å²) < 4.78 is 21.8. The third-order valence-electron chi connectivity index (χ3n) is 20.3. The summed E-state index contributed by atoms with van der Waals surface area (Å²) in [6.45, 7) is 11.0. The van der Waals surface area contributed by atoms with Crippen LogP contribution in [0.2, 0.25) is 26.2 Å². The Morgan fingerprint density at radius 1 is 0.300 bits per heavy atom. The van der Waals surface area contributed by atoms with Crippen molar-refractivity contribution in [1.82, 2.24) is 0 Å². The Labute approximate surface area is 530 Å². The zero-order valence-electron chi connectivity index (χ0n) is 52.9. The highest BCUT2D eigenvalue weighted by molar-refractivity contribution is 6.78. The molecule has 0 radical (unpaired) electrons. The largest absolute Gasteiger partial charge is 0.543 e. The van der Waals surface area contributed by atoms with Gasteiger partial charge in [-0.3, -0.25) is 0 Å². The van der Waals surface area contributed by atoms with E-state index >= 15 is 0 Å². The van der Waals surface area contributed by atoms with E-state index in [0.29, 0.717) is 0 Å². The molecule has 3 spiro atoms. The van der Waals surface area contributed by atoms with Gasteiger partial charge in [0.2, 0.25) is 11.4 Å². The monoisotopic (exact) mass is 1220 g/mol. The van der Waals surface area contributed by atoms with Crippen molar-refractivity contribution in [2.24, 2.45) is 0 Å². The Balaban J connectivity index is 0.000000109. The van der Waals surface area contributed by atoms with Crippen LogP contribution in [-0.2, 0) is 17.2 Å². The lowest BCUT2D eigenvalue weighted by Crippen LogP contribution is -2.87. The van der Waals surface area contributed by atoms with E-state index in [-0.39, 0.29) is 0 Å². The fourth-order valence-electron chi connectivity index (χ4n) is 16.5. The average molecular weight is 1220 g/mol. The van der Waals surface area contributed by atoms with Gasteiger partial charge in [0.15, 0.2) is 50.4 Å². The molecule has 90 heavy (non-hydrogen) atoms. The summed E-state index contributed by atoms with van der Waals surface area (Å²) in [4.78, 5) is 14.6. The van der Waals surface area contributed by atoms with Crippen molar-refractivity contribution < 1.29 is 30.9 Å². The first-order chi connectivity index (χ1) is 43.6. The van der Waals surface area contributed by atoms with Gasteiger partial charge in [-0.25, -0.2) is 29.4 Å². The molecule has 18 rings (SSSR count). The van der Waals surface area contributed by atoms with Gasteiger partial charge in [0.05, 0.1) is 78.6 Å². The lowest BCUT2D eigenvalue weighted by Gasteiger charge is -2.53. The van der Waals surface area contributed by atoms with Crippen molar-refractivity contribution in [3.8, 4) is 11.1 Å². The van der Waals surface area contributed by atoms with E-state index < -0.39 is 34.7 Å². The van der Waals surface area contributed by atoms with Gasteiger partial charge in [-0.1, -0.05) is 130 Å². The molecule has 9 aromatic carbocycles. The van der Waals surface area contributed by atoms with Crippen LogP contribution in [-0.4, -0.2) is 141 Å². The number of fused-ring (bicyclic) bond motifs is 12. The van der Waals surface area contributed by atoms with Crippen LogP contribution in [0.4, 0.5) is 45.5 Å². The van der Waals surface area contributed by atoms with Gasteiger partial charge in [-0.05, 0) is 84.9 Å². The molecule has 0 atom stereocenters. The maximum atomic E-state index is 6.94. The zero-order valence-corrected chi connectivity index (χ0v) is 54.9. The van der Waals surface area contributed by atoms with Crippen molar-refractivity contribution in [3.63, 3.8) is 0 Å². The molecular weight excluding hydrogens is 1140 g/mol. The number of hydrogen-bond donors (Lipinski definition) is 0. The Bertz CT molecular complexity index is 4420. The van der Waals surface area contributed by atoms with Crippen LogP contribution in [0.5, 0.6) is 0 Å². The minimum atomic E-state index is -2.18. The van der Waals surface area contributed by atoms with Crippen molar-refractivity contribution >= 4 is 99.7 Å². The number of nitrogens with zero attached hydrogens (tertiary/aromatic N) is 12. The fourth-order valence-corrected chi connectivity index (χ4v) is 25.4. The molecule has 9 heterocycles. The van der Waals surface area contributed by atoms with Crippen LogP contribution >= 0.6 is 0 Å². The van der Waals surface area contributed by atoms with Crippen molar-refractivity contribution in [1.29, 1.82) is 0 Å². The highest BCUT2D eigenvalue weighted by atomic mass is 28.4. The second-order valence-electron chi connectivity index (χ2n) is 25.8. The third kappa shape index (κ3) is 7.63. The minimum Gasteiger partial charge on any atom is -0.351 e. The zero-order chi connectivity index (χ0) is 61.6. The van der Waals surface area contributed by atoms with Crippen LogP contribution in [0.25, 0.3) is 11.1 Å². The molecule has 13 nitrogen and oxygen atoms in total. The topological polar surface area (TPSA) is 46.7 Å². The summed E-state index contributed by atoms with van der Waals surface area (Å²) in [5.74, 6) is -1.51. The summed E-state index contributed by atoms with van der Waals surface area (Å²) in [6, 6.07) is 78.4. The van der Waals surface area contributed by atoms with E-state index in [9.17, 15) is 0 Å². The summed E-state index contributed by atoms with van der Waals surface area (Å²) in [7, 11) is 8.95. The quantitative estimate of drug-likeness (QED) is 0.111. The molecule has 0 aromatic heterocycles. The minimum absolute atomic E-state index is 0.438. The first kappa shape index (κ1) is 55.5. The Kier molecular flexibility index (Phi) is 12.4. The molecule has 444 valence electrons. The molecule has 0 aliphatic carbocycles. The Morgan fingerprint density at radius 2 is 0.567 bits per heavy atom. The normalized spacial score (nSPS) is 19.1. The van der Waals surface area contributed by atoms with Crippen LogP contribution < -0.4 is 29.4 Å². The smallest absolute Gasteiger partial charge is 0.351 e. The van der Waals surface area contributed by atoms with E-state index in [4.69, 9.17) is 4.12 Å². The van der Waals surface area contributed by atoms with Gasteiger partial charge in [0.25, 0.3) is 0 Å². The van der Waals surface area contributed by atoms with Crippen molar-refractivity contribution in [3.05, 3.63) is 263 Å². The molecule has 15 heteroatoms. The van der Waals surface area contributed by atoms with E-state index in [2.05, 4.69) is 380 Å². The third-order valence-corrected chi connectivity index (χ3v) is 27.5. The van der Waals surface area contributed by atoms with E-state index in [1.807, 2.05) is 0 Å². The highest BCUT2D eigenvalue weighted by Crippen LogP contribution is 2.52. The molecule has 1 saturated heterocycles. The molecular formula is C75H76N12OSi2+6. The van der Waals surface area contributed by atoms with Crippen LogP contribution in [0.3, 0.4) is 0 Å². The van der Waals surface area contributed by atoms with Gasteiger partial charge in [0, 0.05) is 91.7 Å². The predicted octanol–water partition coefficient (Wildman–Crippen LogP) is 12.1. The summed E-state index contributed by atoms with van der Waals surface area (Å²) >= 11 is 0. The molecule has 1 fully saturated rings. The fraction of sp³-hybridized carbons (Fsp3) is 0.200. The van der Waals surface area contributed by atoms with Gasteiger partial charge >= 0.3 is 34.7 Å². The van der Waals surface area contributed by atoms with Gasteiger partial charge in [-0.15, -0.1) is 9.15 Å². The van der Waals surface area contributed by atoms with Crippen LogP contribution in [0, 0.1) is 0 Å². The summed E-state index contributed by atoms with van der Waals surface area (Å²) in [5.41, 5.74) is 22.4. The summed E-state index contributed by atoms with van der Waals surface area (Å²) in [6.07, 6.45) is 14.0. The standard InChI is InChI=1S/C29H24N4.C25H24N4.C21H28N4OSi2/c1-30-25-15-7-3-11-21(25)19-32-27-17-9-5-13-23(27)24-14-6-10-18-28(24)33-20-22-12-4-8-16-26(22)31(2)29(30,32)33;1-26-23-13-7-5-11-21(23)17-28-15-19-9-3-4-10-20(19)16-29-18-22-12-6-8-14-24(22)27(2)25(26,28)29;1-22-19-13-9-7-11-17(19)15-24-21(22)23(2)20-14-10-8-12-18(20)16-25(21)28(5,6)26-27(24,3)4/h3-20H,1-2H3;3-14,17-18H,15-16H2,1-2H3;7-16H,1-6H3/q3*+2. The molecule has 9 aromatic rings. The lowest BCUT2D eigenvalue weighted by atomic mass is 10.0. The number of rotatable bonds is 0. The van der Waals surface area contributed by atoms with Crippen molar-refractivity contribution in [2.75, 3.05) is 71.7 Å². The molecule has 0 N–H and O–H groups in total. The van der Waals surface area contributed by atoms with Crippen molar-refractivity contribution in [2.45, 2.75) is 57.0 Å². The highest BCUT2D eigenvalue weighted by Gasteiger charge is 2.78. The van der Waals surface area contributed by atoms with Crippen LogP contribution in [0.15, 0.2) is 218 Å². The average Bonchev–Trinajstić information content (AvgIpc) is 0.871. The van der Waals surface area contributed by atoms with E-state index in [1.165, 1.54) is 101 Å². The van der Waals surface area contributed by atoms with Crippen LogP contribution in [0.1, 0.15) is 44.5 Å². The van der Waals surface area contributed by atoms with Gasteiger partial charge < -0.3 is 4.12 Å². The molecule has 0 bridgehead atoms. The number of para-hydroxylation sites is 8. The number of hydrogen-bond acceptors (Lipinski definition) is 7. The molecule has 9 aliphatic rings. The van der Waals surface area contributed by atoms with Gasteiger partial charge in [-0.2, -0.15) is 8.48 Å². The molecule has 0 amide bonds. The summed E-state index contributed by atoms with van der Waals surface area (Å²) in [5, 5.41) is 0. The van der Waals surface area contributed by atoms with Gasteiger partial charge in [0.1, 0.15) is 0 Å². The Hall–Kier alpha value is -9.81. The first-order valence-corrected chi connectivity index (χ1v) is 37.0. The second-order valence-corrected chi connectivity index (χ2v) is 33.4. The molecule has 9 aliphatic heterocycles. The number of benzene rings is 9. The van der Waals surface area contributed by atoms with E-state index in [0.717, 1.165) is 13.1 Å². The lowest BCUT2D eigenvalue weighted by molar-refractivity contribution is -0.833. The SMILES string of the molecule is CN1c2ccccc2C=[N+]2C13N(C)c1ccccc1C=[N+]3[Si](C)(C)O[Si]2(C)C.CN1c2ccccc2C=[N+]2Cc3ccccc3C[N+]3=Cc4ccccc4N(C)C123.CN1c2ccccc2C=[N+]2c3ccccc3-c3ccccc3[N+]3=Cc4ccccc4N(C)C123.